The largest absolute Gasteiger partial charge is 0.318 e. The van der Waals surface area contributed by atoms with Gasteiger partial charge in [-0.05, 0) is 40.2 Å². The van der Waals surface area contributed by atoms with E-state index in [0.29, 0.717) is 9.14 Å². The quantitative estimate of drug-likeness (QED) is 0.627. The van der Waals surface area contributed by atoms with Crippen molar-refractivity contribution in [1.29, 1.82) is 0 Å². The highest BCUT2D eigenvalue weighted by Crippen LogP contribution is 2.25. The summed E-state index contributed by atoms with van der Waals surface area (Å²) in [6.45, 7) is 0. The number of hydrogen-bond acceptors (Lipinski definition) is 3. The Hall–Kier alpha value is -0.950. The first-order chi connectivity index (χ1) is 10.0. The van der Waals surface area contributed by atoms with Crippen LogP contribution in [0.15, 0.2) is 39.8 Å². The number of aryl methyl sites for hydroxylation is 1. The van der Waals surface area contributed by atoms with Gasteiger partial charge >= 0.3 is 0 Å². The molecule has 1 amide bonds. The number of hydrogen-bond donors (Lipinski definition) is 0. The Labute approximate surface area is 142 Å². The second kappa shape index (κ2) is 6.04. The van der Waals surface area contributed by atoms with Crippen molar-refractivity contribution in [3.63, 3.8) is 0 Å². The Morgan fingerprint density at radius 1 is 1.33 bits per heavy atom. The summed E-state index contributed by atoms with van der Waals surface area (Å²) >= 11 is 12.3. The SMILES string of the molecule is Cn1c(=NC(=O)Cc2ccc(Cl)s2)sc2cccc(Br)c21. The van der Waals surface area contributed by atoms with Crippen LogP contribution in [0.25, 0.3) is 10.2 Å². The van der Waals surface area contributed by atoms with Gasteiger partial charge in [0, 0.05) is 16.4 Å². The molecule has 0 saturated carbocycles. The molecule has 0 fully saturated rings. The van der Waals surface area contributed by atoms with Crippen molar-refractivity contribution in [1.82, 2.24) is 4.57 Å². The Morgan fingerprint density at radius 3 is 2.81 bits per heavy atom. The molecule has 7 heteroatoms. The molecule has 0 aliphatic carbocycles. The fourth-order valence-corrected chi connectivity index (χ4v) is 4.91. The zero-order valence-electron chi connectivity index (χ0n) is 11.0. The lowest BCUT2D eigenvalue weighted by atomic mass is 10.3. The molecule has 2 heterocycles. The number of benzene rings is 1. The molecule has 0 atom stereocenters. The topological polar surface area (TPSA) is 34.4 Å². The summed E-state index contributed by atoms with van der Waals surface area (Å²) in [5.74, 6) is -0.160. The Balaban J connectivity index is 1.98. The highest BCUT2D eigenvalue weighted by molar-refractivity contribution is 9.10. The summed E-state index contributed by atoms with van der Waals surface area (Å²) in [5.41, 5.74) is 1.05. The molecule has 3 rings (SSSR count). The van der Waals surface area contributed by atoms with Gasteiger partial charge in [-0.1, -0.05) is 29.0 Å². The zero-order chi connectivity index (χ0) is 15.0. The Bertz CT molecular complexity index is 894. The van der Waals surface area contributed by atoms with Crippen LogP contribution in [0.1, 0.15) is 4.88 Å². The van der Waals surface area contributed by atoms with Crippen LogP contribution in [0.5, 0.6) is 0 Å². The average Bonchev–Trinajstić information content (AvgIpc) is 2.95. The number of thiazole rings is 1. The predicted octanol–water partition coefficient (Wildman–Crippen LogP) is 4.39. The summed E-state index contributed by atoms with van der Waals surface area (Å²) in [7, 11) is 1.91. The molecule has 0 aliphatic rings. The van der Waals surface area contributed by atoms with Gasteiger partial charge in [-0.15, -0.1) is 11.3 Å². The molecule has 0 spiro atoms. The van der Waals surface area contributed by atoms with Gasteiger partial charge < -0.3 is 4.57 Å². The van der Waals surface area contributed by atoms with Crippen LogP contribution >= 0.6 is 50.2 Å². The molecule has 3 nitrogen and oxygen atoms in total. The van der Waals surface area contributed by atoms with Crippen LogP contribution in [0, 0.1) is 0 Å². The van der Waals surface area contributed by atoms with E-state index in [4.69, 9.17) is 11.6 Å². The maximum absolute atomic E-state index is 12.1. The van der Waals surface area contributed by atoms with Crippen molar-refractivity contribution >= 4 is 66.3 Å². The highest BCUT2D eigenvalue weighted by atomic mass is 79.9. The van der Waals surface area contributed by atoms with Crippen LogP contribution in [0.2, 0.25) is 4.34 Å². The van der Waals surface area contributed by atoms with Crippen molar-refractivity contribution in [3.05, 3.63) is 48.8 Å². The molecule has 0 N–H and O–H groups in total. The first-order valence-electron chi connectivity index (χ1n) is 6.10. The standard InChI is InChI=1S/C14H10BrClN2OS2/c1-18-13-9(15)3-2-4-10(13)21-14(18)17-12(19)7-8-5-6-11(16)20-8/h2-6H,7H2,1H3. The van der Waals surface area contributed by atoms with Gasteiger partial charge in [0.1, 0.15) is 0 Å². The third kappa shape index (κ3) is 3.13. The molecular weight excluding hydrogens is 392 g/mol. The molecule has 108 valence electrons. The summed E-state index contributed by atoms with van der Waals surface area (Å²) in [4.78, 5) is 17.9. The third-order valence-electron chi connectivity index (χ3n) is 2.95. The van der Waals surface area contributed by atoms with Gasteiger partial charge in [0.25, 0.3) is 5.91 Å². The van der Waals surface area contributed by atoms with Crippen LogP contribution in [0.3, 0.4) is 0 Å². The fourth-order valence-electron chi connectivity index (χ4n) is 2.01. The van der Waals surface area contributed by atoms with Crippen LogP contribution in [-0.4, -0.2) is 10.5 Å². The molecule has 0 bridgehead atoms. The first kappa shape index (κ1) is 15.0. The maximum atomic E-state index is 12.1. The number of aromatic nitrogens is 1. The van der Waals surface area contributed by atoms with Gasteiger partial charge in [-0.25, -0.2) is 0 Å². The zero-order valence-corrected chi connectivity index (χ0v) is 14.9. The average molecular weight is 402 g/mol. The van der Waals surface area contributed by atoms with Gasteiger partial charge in [-0.3, -0.25) is 4.79 Å². The molecular formula is C14H10BrClN2OS2. The van der Waals surface area contributed by atoms with Crippen LogP contribution in [0.4, 0.5) is 0 Å². The number of thiophene rings is 1. The van der Waals surface area contributed by atoms with E-state index < -0.39 is 0 Å². The van der Waals surface area contributed by atoms with E-state index in [1.807, 2.05) is 35.9 Å². The normalized spacial score (nSPS) is 12.2. The summed E-state index contributed by atoms with van der Waals surface area (Å²) in [6, 6.07) is 9.64. The smallest absolute Gasteiger partial charge is 0.253 e. The number of fused-ring (bicyclic) bond motifs is 1. The number of rotatable bonds is 2. The molecule has 21 heavy (non-hydrogen) atoms. The van der Waals surface area contributed by atoms with E-state index in [1.165, 1.54) is 22.7 Å². The first-order valence-corrected chi connectivity index (χ1v) is 8.91. The second-order valence-corrected chi connectivity index (χ2v) is 8.08. The second-order valence-electron chi connectivity index (χ2n) is 4.42. The third-order valence-corrected chi connectivity index (χ3v) is 5.92. The minimum atomic E-state index is -0.160. The lowest BCUT2D eigenvalue weighted by Gasteiger charge is -1.97. The number of amides is 1. The summed E-state index contributed by atoms with van der Waals surface area (Å²) in [6.07, 6.45) is 0.285. The Kier molecular flexibility index (Phi) is 4.31. The minimum Gasteiger partial charge on any atom is -0.318 e. The molecule has 2 aromatic heterocycles. The van der Waals surface area contributed by atoms with Crippen molar-refractivity contribution < 1.29 is 4.79 Å². The molecule has 3 aromatic rings. The number of nitrogens with zero attached hydrogens (tertiary/aromatic N) is 2. The number of halogens is 2. The van der Waals surface area contributed by atoms with E-state index >= 15 is 0 Å². The van der Waals surface area contributed by atoms with E-state index in [2.05, 4.69) is 20.9 Å². The highest BCUT2D eigenvalue weighted by Gasteiger charge is 2.09. The van der Waals surface area contributed by atoms with Crippen molar-refractivity contribution in [2.75, 3.05) is 0 Å². The van der Waals surface area contributed by atoms with Crippen LogP contribution < -0.4 is 4.80 Å². The van der Waals surface area contributed by atoms with Gasteiger partial charge in [0.15, 0.2) is 4.80 Å². The lowest BCUT2D eigenvalue weighted by molar-refractivity contribution is -0.117. The lowest BCUT2D eigenvalue weighted by Crippen LogP contribution is -2.14. The molecule has 0 radical (unpaired) electrons. The number of para-hydroxylation sites is 1. The molecule has 0 unspecified atom stereocenters. The van der Waals surface area contributed by atoms with Crippen LogP contribution in [-0.2, 0) is 18.3 Å². The Morgan fingerprint density at radius 2 is 2.14 bits per heavy atom. The number of carbonyl (C=O) groups is 1. The summed E-state index contributed by atoms with van der Waals surface area (Å²) in [5, 5.41) is 0. The van der Waals surface area contributed by atoms with E-state index in [9.17, 15) is 4.79 Å². The van der Waals surface area contributed by atoms with Crippen molar-refractivity contribution in [3.8, 4) is 0 Å². The fraction of sp³-hybridized carbons (Fsp3) is 0.143. The maximum Gasteiger partial charge on any atom is 0.253 e. The van der Waals surface area contributed by atoms with Gasteiger partial charge in [0.05, 0.1) is 21.0 Å². The molecule has 0 saturated heterocycles. The minimum absolute atomic E-state index is 0.160. The monoisotopic (exact) mass is 400 g/mol. The van der Waals surface area contributed by atoms with Gasteiger partial charge in [0.2, 0.25) is 0 Å². The van der Waals surface area contributed by atoms with Gasteiger partial charge in [-0.2, -0.15) is 4.99 Å². The van der Waals surface area contributed by atoms with Crippen molar-refractivity contribution in [2.24, 2.45) is 12.0 Å². The van der Waals surface area contributed by atoms with E-state index in [-0.39, 0.29) is 12.3 Å². The molecule has 1 aromatic carbocycles. The van der Waals surface area contributed by atoms with E-state index in [1.54, 1.807) is 6.07 Å². The van der Waals surface area contributed by atoms with E-state index in [0.717, 1.165) is 19.6 Å². The van der Waals surface area contributed by atoms with Crippen molar-refractivity contribution in [2.45, 2.75) is 6.42 Å². The molecule has 0 aliphatic heterocycles. The predicted molar refractivity (Wildman–Crippen MR) is 92.1 cm³/mol. The number of carbonyl (C=O) groups excluding carboxylic acids is 1. The summed E-state index contributed by atoms with van der Waals surface area (Å²) < 4.78 is 4.72.